The van der Waals surface area contributed by atoms with Crippen LogP contribution in [0.1, 0.15) is 32.6 Å². The lowest BCUT2D eigenvalue weighted by Crippen LogP contribution is -2.56. The summed E-state index contributed by atoms with van der Waals surface area (Å²) in [5.41, 5.74) is -0.965. The highest BCUT2D eigenvalue weighted by atomic mass is 19.3. The van der Waals surface area contributed by atoms with Gasteiger partial charge in [-0.2, -0.15) is 0 Å². The van der Waals surface area contributed by atoms with Crippen molar-refractivity contribution in [3.63, 3.8) is 0 Å². The minimum Gasteiger partial charge on any atom is -0.480 e. The van der Waals surface area contributed by atoms with Crippen molar-refractivity contribution in [2.24, 2.45) is 5.41 Å². The van der Waals surface area contributed by atoms with Gasteiger partial charge in [0.2, 0.25) is 0 Å². The normalized spacial score (nSPS) is 34.5. The van der Waals surface area contributed by atoms with Gasteiger partial charge in [-0.25, -0.2) is 13.6 Å². The average Bonchev–Trinajstić information content (AvgIpc) is 2.78. The lowest BCUT2D eigenvalue weighted by molar-refractivity contribution is -0.139. The number of halogens is 2. The Kier molecular flexibility index (Phi) is 3.98. The van der Waals surface area contributed by atoms with E-state index >= 15 is 0 Å². The number of hydrogen-bond acceptors (Lipinski definition) is 3. The molecule has 1 aliphatic heterocycles. The molecule has 0 radical (unpaired) electrons. The Labute approximate surface area is 133 Å². The van der Waals surface area contributed by atoms with E-state index in [9.17, 15) is 18.4 Å². The quantitative estimate of drug-likeness (QED) is 0.798. The zero-order valence-electron chi connectivity index (χ0n) is 13.2. The molecule has 2 amide bonds. The summed E-state index contributed by atoms with van der Waals surface area (Å²) in [4.78, 5) is 26.3. The van der Waals surface area contributed by atoms with Gasteiger partial charge in [0.05, 0.1) is 12.0 Å². The average molecular weight is 331 g/mol. The van der Waals surface area contributed by atoms with Crippen LogP contribution in [0.4, 0.5) is 13.6 Å². The molecule has 130 valence electrons. The van der Waals surface area contributed by atoms with E-state index in [1.54, 1.807) is 0 Å². The Bertz CT molecular complexity index is 510. The largest absolute Gasteiger partial charge is 0.480 e. The van der Waals surface area contributed by atoms with Gasteiger partial charge < -0.3 is 15.3 Å². The summed E-state index contributed by atoms with van der Waals surface area (Å²) in [6, 6.07) is -0.0972. The highest BCUT2D eigenvalue weighted by Crippen LogP contribution is 2.65. The first-order valence-electron chi connectivity index (χ1n) is 8.15. The van der Waals surface area contributed by atoms with Crippen LogP contribution in [0, 0.1) is 5.41 Å². The third-order valence-electron chi connectivity index (χ3n) is 5.55. The van der Waals surface area contributed by atoms with Crippen molar-refractivity contribution >= 4 is 12.0 Å². The van der Waals surface area contributed by atoms with Gasteiger partial charge in [0.1, 0.15) is 0 Å². The second-order valence-corrected chi connectivity index (χ2v) is 7.06. The first-order valence-corrected chi connectivity index (χ1v) is 8.15. The van der Waals surface area contributed by atoms with Crippen LogP contribution in [-0.4, -0.2) is 71.1 Å². The van der Waals surface area contributed by atoms with E-state index in [0.29, 0.717) is 32.4 Å². The van der Waals surface area contributed by atoms with Crippen molar-refractivity contribution in [2.45, 2.75) is 50.6 Å². The Balaban J connectivity index is 1.42. The van der Waals surface area contributed by atoms with E-state index in [0.717, 1.165) is 0 Å². The second-order valence-electron chi connectivity index (χ2n) is 7.06. The van der Waals surface area contributed by atoms with Crippen LogP contribution in [0.15, 0.2) is 0 Å². The molecule has 0 aromatic rings. The first-order chi connectivity index (χ1) is 10.8. The Hall–Kier alpha value is -1.44. The number of hydrogen-bond donors (Lipinski definition) is 2. The fourth-order valence-electron chi connectivity index (χ4n) is 3.81. The molecule has 1 saturated heterocycles. The zero-order chi connectivity index (χ0) is 16.8. The molecule has 8 heteroatoms. The summed E-state index contributed by atoms with van der Waals surface area (Å²) in [7, 11) is 0. The molecule has 1 heterocycles. The van der Waals surface area contributed by atoms with Crippen molar-refractivity contribution < 1.29 is 23.5 Å². The number of nitrogens with one attached hydrogen (secondary N) is 1. The third-order valence-corrected chi connectivity index (χ3v) is 5.55. The number of rotatable bonds is 5. The minimum absolute atomic E-state index is 0.00552. The van der Waals surface area contributed by atoms with Gasteiger partial charge in [-0.1, -0.05) is 6.92 Å². The molecule has 0 bridgehead atoms. The summed E-state index contributed by atoms with van der Waals surface area (Å²) in [6.07, 6.45) is 1.70. The topological polar surface area (TPSA) is 72.9 Å². The second kappa shape index (κ2) is 5.58. The van der Waals surface area contributed by atoms with Crippen molar-refractivity contribution in [1.82, 2.24) is 15.1 Å². The molecule has 2 N–H and O–H groups in total. The molecule has 6 nitrogen and oxygen atoms in total. The Morgan fingerprint density at radius 3 is 2.52 bits per heavy atom. The van der Waals surface area contributed by atoms with Crippen LogP contribution < -0.4 is 5.32 Å². The molecule has 3 fully saturated rings. The number of likely N-dealkylation sites (N-methyl/N-ethyl adjacent to an activating group) is 1. The fraction of sp³-hybridized carbons (Fsp3) is 0.867. The van der Waals surface area contributed by atoms with Crippen LogP contribution in [-0.2, 0) is 4.79 Å². The summed E-state index contributed by atoms with van der Waals surface area (Å²) < 4.78 is 26.7. The standard InChI is InChI=1S/C15H23F2N3O3/c1-2-19(7-12(21)22)11-5-10(6-11)18-13(23)20-4-3-14(9-20)8-15(14,16)17/h10-11H,2-9H2,1H3,(H,18,23)(H,21,22). The third kappa shape index (κ3) is 3.00. The van der Waals surface area contributed by atoms with Gasteiger partial charge in [-0.3, -0.25) is 9.69 Å². The van der Waals surface area contributed by atoms with Crippen molar-refractivity contribution in [1.29, 1.82) is 0 Å². The number of aliphatic carboxylic acids is 1. The summed E-state index contributed by atoms with van der Waals surface area (Å²) >= 11 is 0. The van der Waals surface area contributed by atoms with E-state index in [-0.39, 0.29) is 37.6 Å². The number of alkyl halides is 2. The summed E-state index contributed by atoms with van der Waals surface area (Å²) in [5, 5.41) is 11.7. The Morgan fingerprint density at radius 2 is 2.04 bits per heavy atom. The number of likely N-dealkylation sites (tertiary alicyclic amines) is 1. The predicted octanol–water partition coefficient (Wildman–Crippen LogP) is 1.36. The number of nitrogens with zero attached hydrogens (tertiary/aromatic N) is 2. The molecule has 1 atom stereocenters. The lowest BCUT2D eigenvalue weighted by atomic mass is 9.85. The number of carbonyl (C=O) groups excluding carboxylic acids is 1. The maximum Gasteiger partial charge on any atom is 0.317 e. The lowest BCUT2D eigenvalue weighted by Gasteiger charge is -2.42. The molecule has 3 aliphatic rings. The smallest absolute Gasteiger partial charge is 0.317 e. The van der Waals surface area contributed by atoms with Crippen LogP contribution in [0.2, 0.25) is 0 Å². The molecule has 0 aromatic heterocycles. The molecule has 1 spiro atoms. The number of amides is 2. The first kappa shape index (κ1) is 16.4. The maximum atomic E-state index is 13.3. The zero-order valence-corrected chi connectivity index (χ0v) is 13.2. The Morgan fingerprint density at radius 1 is 1.39 bits per heavy atom. The molecule has 1 unspecified atom stereocenters. The van der Waals surface area contributed by atoms with Gasteiger partial charge in [0, 0.05) is 31.6 Å². The molecule has 23 heavy (non-hydrogen) atoms. The maximum absolute atomic E-state index is 13.3. The van der Waals surface area contributed by atoms with Gasteiger partial charge >= 0.3 is 12.0 Å². The molecule has 2 aliphatic carbocycles. The number of carboxylic acids is 1. The monoisotopic (exact) mass is 331 g/mol. The van der Waals surface area contributed by atoms with Gasteiger partial charge in [-0.05, 0) is 25.8 Å². The van der Waals surface area contributed by atoms with Crippen LogP contribution in [0.25, 0.3) is 0 Å². The molecule has 2 saturated carbocycles. The summed E-state index contributed by atoms with van der Waals surface area (Å²) in [5.74, 6) is -3.46. The van der Waals surface area contributed by atoms with E-state index < -0.39 is 17.3 Å². The van der Waals surface area contributed by atoms with E-state index in [2.05, 4.69) is 5.32 Å². The fourth-order valence-corrected chi connectivity index (χ4v) is 3.81. The van der Waals surface area contributed by atoms with Gasteiger partial charge in [-0.15, -0.1) is 0 Å². The van der Waals surface area contributed by atoms with E-state index in [4.69, 9.17) is 5.11 Å². The minimum atomic E-state index is -2.61. The summed E-state index contributed by atoms with van der Waals surface area (Å²) in [6.45, 7) is 3.10. The van der Waals surface area contributed by atoms with Gasteiger partial charge in [0.15, 0.2) is 0 Å². The molecular formula is C15H23F2N3O3. The predicted molar refractivity (Wildman–Crippen MR) is 78.4 cm³/mol. The number of urea groups is 1. The van der Waals surface area contributed by atoms with Crippen LogP contribution in [0.3, 0.4) is 0 Å². The van der Waals surface area contributed by atoms with Crippen molar-refractivity contribution in [2.75, 3.05) is 26.2 Å². The molecular weight excluding hydrogens is 308 g/mol. The highest BCUT2D eigenvalue weighted by Gasteiger charge is 2.73. The highest BCUT2D eigenvalue weighted by molar-refractivity contribution is 5.75. The van der Waals surface area contributed by atoms with Gasteiger partial charge in [0.25, 0.3) is 5.92 Å². The SMILES string of the molecule is CCN(CC(=O)O)C1CC(NC(=O)N2CCC3(C2)CC3(F)F)C1. The van der Waals surface area contributed by atoms with E-state index in [1.807, 2.05) is 11.8 Å². The molecule has 3 rings (SSSR count). The van der Waals surface area contributed by atoms with Crippen LogP contribution in [0.5, 0.6) is 0 Å². The van der Waals surface area contributed by atoms with Crippen LogP contribution >= 0.6 is 0 Å². The van der Waals surface area contributed by atoms with Crippen molar-refractivity contribution in [3.05, 3.63) is 0 Å². The van der Waals surface area contributed by atoms with Crippen molar-refractivity contribution in [3.8, 4) is 0 Å². The van der Waals surface area contributed by atoms with E-state index in [1.165, 1.54) is 4.90 Å². The molecule has 0 aromatic carbocycles. The number of carboxylic acid groups (broad SMARTS) is 1. The number of carbonyl (C=O) groups is 2.